The molecule has 0 N–H and O–H groups in total. The van der Waals surface area contributed by atoms with Crippen molar-refractivity contribution in [3.63, 3.8) is 0 Å². The van der Waals surface area contributed by atoms with E-state index in [0.29, 0.717) is 25.3 Å². The zero-order chi connectivity index (χ0) is 21.6. The van der Waals surface area contributed by atoms with Crippen LogP contribution in [0, 0.1) is 6.92 Å². The van der Waals surface area contributed by atoms with Crippen LogP contribution in [0.5, 0.6) is 0 Å². The molecule has 0 atom stereocenters. The van der Waals surface area contributed by atoms with Gasteiger partial charge < -0.3 is 4.90 Å². The molecule has 0 bridgehead atoms. The summed E-state index contributed by atoms with van der Waals surface area (Å²) in [5.74, 6) is -0.0292. The van der Waals surface area contributed by atoms with Gasteiger partial charge in [0.2, 0.25) is 0 Å². The smallest absolute Gasteiger partial charge is 0.272 e. The van der Waals surface area contributed by atoms with E-state index in [1.54, 1.807) is 17.1 Å². The summed E-state index contributed by atoms with van der Waals surface area (Å²) >= 11 is 0. The minimum Gasteiger partial charge on any atom is -0.329 e. The highest BCUT2D eigenvalue weighted by Crippen LogP contribution is 2.21. The van der Waals surface area contributed by atoms with Crippen LogP contribution in [0.2, 0.25) is 0 Å². The van der Waals surface area contributed by atoms with Gasteiger partial charge in [-0.3, -0.25) is 14.5 Å². The van der Waals surface area contributed by atoms with E-state index in [1.165, 1.54) is 5.56 Å². The van der Waals surface area contributed by atoms with Crippen LogP contribution in [-0.4, -0.2) is 25.6 Å². The fourth-order valence-corrected chi connectivity index (χ4v) is 3.69. The summed E-state index contributed by atoms with van der Waals surface area (Å²) in [6.07, 6.45) is 3.55. The first-order chi connectivity index (χ1) is 15.1. The van der Waals surface area contributed by atoms with Gasteiger partial charge in [-0.05, 0) is 48.2 Å². The Morgan fingerprint density at radius 3 is 2.29 bits per heavy atom. The number of aryl methyl sites for hydroxylation is 2. The number of amides is 1. The van der Waals surface area contributed by atoms with E-state index in [0.717, 1.165) is 22.4 Å². The molecule has 0 saturated heterocycles. The van der Waals surface area contributed by atoms with Gasteiger partial charge in [0.1, 0.15) is 5.69 Å². The van der Waals surface area contributed by atoms with Crippen LogP contribution in [0.3, 0.4) is 0 Å². The average molecular weight is 411 g/mol. The maximum absolute atomic E-state index is 13.5. The Hall–Kier alpha value is -3.73. The molecule has 5 heteroatoms. The number of aromatic nitrogens is 3. The van der Waals surface area contributed by atoms with E-state index >= 15 is 0 Å². The minimum absolute atomic E-state index is 0.0292. The molecular formula is C26H26N4O. The van der Waals surface area contributed by atoms with E-state index < -0.39 is 0 Å². The first kappa shape index (κ1) is 20.5. The normalized spacial score (nSPS) is 10.8. The quantitative estimate of drug-likeness (QED) is 0.425. The van der Waals surface area contributed by atoms with Gasteiger partial charge >= 0.3 is 0 Å². The second kappa shape index (κ2) is 9.39. The van der Waals surface area contributed by atoms with Crippen LogP contribution in [0.4, 0.5) is 0 Å². The van der Waals surface area contributed by atoms with Crippen molar-refractivity contribution < 1.29 is 4.79 Å². The molecule has 2 aromatic heterocycles. The maximum atomic E-state index is 13.5. The van der Waals surface area contributed by atoms with Gasteiger partial charge in [-0.2, -0.15) is 5.10 Å². The number of nitrogens with zero attached hydrogens (tertiary/aromatic N) is 4. The molecule has 1 amide bonds. The summed E-state index contributed by atoms with van der Waals surface area (Å²) < 4.78 is 1.77. The molecule has 0 radical (unpaired) electrons. The number of rotatable bonds is 7. The van der Waals surface area contributed by atoms with Crippen molar-refractivity contribution in [1.82, 2.24) is 19.7 Å². The summed E-state index contributed by atoms with van der Waals surface area (Å²) in [5.41, 5.74) is 5.88. The lowest BCUT2D eigenvalue weighted by molar-refractivity contribution is 0.0717. The lowest BCUT2D eigenvalue weighted by Gasteiger charge is -2.23. The first-order valence-electron chi connectivity index (χ1n) is 10.5. The molecule has 4 aromatic rings. The van der Waals surface area contributed by atoms with Gasteiger partial charge in [0, 0.05) is 32.0 Å². The minimum atomic E-state index is -0.0292. The van der Waals surface area contributed by atoms with E-state index in [-0.39, 0.29) is 5.91 Å². The van der Waals surface area contributed by atoms with Crippen molar-refractivity contribution in [1.29, 1.82) is 0 Å². The Balaban J connectivity index is 1.60. The SMILES string of the molecule is CCn1nc(C)cc1C(=O)N(Cc1ccc(-c2ccccc2)cc1)Cc1cccnc1. The molecular weight excluding hydrogens is 384 g/mol. The van der Waals surface area contributed by atoms with Crippen molar-refractivity contribution in [2.75, 3.05) is 0 Å². The predicted molar refractivity (Wildman–Crippen MR) is 122 cm³/mol. The van der Waals surface area contributed by atoms with Gasteiger partial charge in [-0.25, -0.2) is 0 Å². The highest BCUT2D eigenvalue weighted by molar-refractivity contribution is 5.92. The van der Waals surface area contributed by atoms with Crippen LogP contribution in [-0.2, 0) is 19.6 Å². The standard InChI is InChI=1S/C26H26N4O/c1-3-30-25(16-20(2)28-30)26(31)29(19-22-8-7-15-27-17-22)18-21-11-13-24(14-12-21)23-9-5-4-6-10-23/h4-17H,3,18-19H2,1-2H3. The van der Waals surface area contributed by atoms with Gasteiger partial charge in [0.25, 0.3) is 5.91 Å². The van der Waals surface area contributed by atoms with Crippen LogP contribution in [0.25, 0.3) is 11.1 Å². The van der Waals surface area contributed by atoms with Gasteiger partial charge in [-0.15, -0.1) is 0 Å². The maximum Gasteiger partial charge on any atom is 0.272 e. The monoisotopic (exact) mass is 410 g/mol. The number of benzene rings is 2. The number of carbonyl (C=O) groups is 1. The fourth-order valence-electron chi connectivity index (χ4n) is 3.69. The Bertz CT molecular complexity index is 1140. The molecule has 0 unspecified atom stereocenters. The summed E-state index contributed by atoms with van der Waals surface area (Å²) in [6, 6.07) is 24.4. The summed E-state index contributed by atoms with van der Waals surface area (Å²) in [4.78, 5) is 19.5. The molecule has 0 fully saturated rings. The number of hydrogen-bond donors (Lipinski definition) is 0. The van der Waals surface area contributed by atoms with Crippen LogP contribution < -0.4 is 0 Å². The zero-order valence-corrected chi connectivity index (χ0v) is 17.9. The molecule has 31 heavy (non-hydrogen) atoms. The number of pyridine rings is 1. The first-order valence-corrected chi connectivity index (χ1v) is 10.5. The van der Waals surface area contributed by atoms with Crippen molar-refractivity contribution in [3.05, 3.63) is 108 Å². The van der Waals surface area contributed by atoms with Crippen LogP contribution in [0.1, 0.15) is 34.2 Å². The third kappa shape index (κ3) is 4.89. The number of carbonyl (C=O) groups excluding carboxylic acids is 1. The van der Waals surface area contributed by atoms with Crippen molar-refractivity contribution in [2.24, 2.45) is 0 Å². The van der Waals surface area contributed by atoms with Crippen molar-refractivity contribution in [2.45, 2.75) is 33.5 Å². The third-order valence-electron chi connectivity index (χ3n) is 5.24. The molecule has 5 nitrogen and oxygen atoms in total. The molecule has 0 saturated carbocycles. The summed E-state index contributed by atoms with van der Waals surface area (Å²) in [5, 5.41) is 4.45. The van der Waals surface area contributed by atoms with Crippen molar-refractivity contribution >= 4 is 5.91 Å². The van der Waals surface area contributed by atoms with Gasteiger partial charge in [-0.1, -0.05) is 60.7 Å². The van der Waals surface area contributed by atoms with Crippen LogP contribution >= 0.6 is 0 Å². The molecule has 2 heterocycles. The number of hydrogen-bond acceptors (Lipinski definition) is 3. The Morgan fingerprint density at radius 2 is 1.61 bits per heavy atom. The summed E-state index contributed by atoms with van der Waals surface area (Å²) in [6.45, 7) is 5.56. The Labute approximate surface area is 183 Å². The van der Waals surface area contributed by atoms with Crippen molar-refractivity contribution in [3.8, 4) is 11.1 Å². The molecule has 4 rings (SSSR count). The van der Waals surface area contributed by atoms with Gasteiger partial charge in [0.05, 0.1) is 5.69 Å². The second-order valence-electron chi connectivity index (χ2n) is 7.57. The van der Waals surface area contributed by atoms with E-state index in [4.69, 9.17) is 0 Å². The predicted octanol–water partition coefficient (Wildman–Crippen LogP) is 5.12. The Morgan fingerprint density at radius 1 is 0.903 bits per heavy atom. The lowest BCUT2D eigenvalue weighted by Crippen LogP contribution is -2.32. The third-order valence-corrected chi connectivity index (χ3v) is 5.24. The average Bonchev–Trinajstić information content (AvgIpc) is 3.20. The van der Waals surface area contributed by atoms with E-state index in [1.807, 2.05) is 55.1 Å². The molecule has 0 spiro atoms. The highest BCUT2D eigenvalue weighted by Gasteiger charge is 2.21. The van der Waals surface area contributed by atoms with Crippen LogP contribution in [0.15, 0.2) is 85.2 Å². The zero-order valence-electron chi connectivity index (χ0n) is 17.9. The molecule has 2 aromatic carbocycles. The topological polar surface area (TPSA) is 51.0 Å². The lowest BCUT2D eigenvalue weighted by atomic mass is 10.0. The fraction of sp³-hybridized carbons (Fsp3) is 0.192. The largest absolute Gasteiger partial charge is 0.329 e. The van der Waals surface area contributed by atoms with Gasteiger partial charge in [0.15, 0.2) is 0 Å². The molecule has 156 valence electrons. The highest BCUT2D eigenvalue weighted by atomic mass is 16.2. The second-order valence-corrected chi connectivity index (χ2v) is 7.57. The summed E-state index contributed by atoms with van der Waals surface area (Å²) in [7, 11) is 0. The molecule has 0 aliphatic rings. The molecule has 0 aliphatic carbocycles. The Kier molecular flexibility index (Phi) is 6.22. The van der Waals surface area contributed by atoms with E-state index in [9.17, 15) is 4.79 Å². The van der Waals surface area contributed by atoms with E-state index in [2.05, 4.69) is 46.5 Å². The molecule has 0 aliphatic heterocycles.